The molecule has 0 N–H and O–H groups in total. The molecule has 13 heteroatoms. The number of nitrogens with zero attached hydrogens (tertiary/aromatic N) is 1. The molecule has 0 amide bonds. The van der Waals surface area contributed by atoms with Gasteiger partial charge >= 0.3 is 11.5 Å². The molecular formula is C23H26F3NO7S2. The second-order valence-corrected chi connectivity index (χ2v) is 13.3. The number of sulfone groups is 1. The van der Waals surface area contributed by atoms with Crippen LogP contribution < -0.4 is 4.74 Å². The molecule has 36 heavy (non-hydrogen) atoms. The van der Waals surface area contributed by atoms with Crippen molar-refractivity contribution >= 4 is 32.3 Å². The van der Waals surface area contributed by atoms with Crippen LogP contribution in [0.15, 0.2) is 46.2 Å². The molecule has 0 heterocycles. The van der Waals surface area contributed by atoms with Gasteiger partial charge in [-0.3, -0.25) is 19.1 Å². The lowest BCUT2D eigenvalue weighted by atomic mass is 9.79. The SMILES string of the molecule is CC(C)(C)c1cccc(C(C)(C)C)c1OC(=O)CS(=O)c1ccc(S(=O)(=O)C(F)(F)F)cc1[N+](=O)[O-]. The molecule has 2 aromatic carbocycles. The van der Waals surface area contributed by atoms with E-state index in [9.17, 15) is 40.7 Å². The summed E-state index contributed by atoms with van der Waals surface area (Å²) in [7, 11) is -8.29. The normalized spacial score (nSPS) is 13.8. The highest BCUT2D eigenvalue weighted by molar-refractivity contribution is 7.92. The van der Waals surface area contributed by atoms with Gasteiger partial charge in [0.15, 0.2) is 0 Å². The Balaban J connectivity index is 2.45. The summed E-state index contributed by atoms with van der Waals surface area (Å²) in [4.78, 5) is 21.0. The minimum absolute atomic E-state index is 0.175. The number of esters is 1. The number of halogens is 3. The van der Waals surface area contributed by atoms with Gasteiger partial charge in [-0.2, -0.15) is 13.2 Å². The number of ether oxygens (including phenoxy) is 1. The first kappa shape index (κ1) is 29.4. The van der Waals surface area contributed by atoms with Crippen LogP contribution in [0.3, 0.4) is 0 Å². The summed E-state index contributed by atoms with van der Waals surface area (Å²) in [5, 5.41) is 11.4. The van der Waals surface area contributed by atoms with Gasteiger partial charge in [0.1, 0.15) is 16.4 Å². The molecule has 0 fully saturated rings. The van der Waals surface area contributed by atoms with E-state index in [1.54, 1.807) is 12.1 Å². The molecule has 8 nitrogen and oxygen atoms in total. The molecule has 0 aliphatic heterocycles. The van der Waals surface area contributed by atoms with Crippen molar-refractivity contribution in [1.82, 2.24) is 0 Å². The average molecular weight is 550 g/mol. The molecule has 0 aliphatic carbocycles. The molecule has 1 atom stereocenters. The second kappa shape index (κ2) is 9.92. The van der Waals surface area contributed by atoms with Crippen molar-refractivity contribution in [3.63, 3.8) is 0 Å². The lowest BCUT2D eigenvalue weighted by Crippen LogP contribution is -2.24. The fourth-order valence-corrected chi connectivity index (χ4v) is 5.09. The van der Waals surface area contributed by atoms with Crippen LogP contribution in [0.1, 0.15) is 52.7 Å². The van der Waals surface area contributed by atoms with Gasteiger partial charge < -0.3 is 4.74 Å². The van der Waals surface area contributed by atoms with E-state index in [1.807, 2.05) is 47.6 Å². The van der Waals surface area contributed by atoms with E-state index in [0.717, 1.165) is 0 Å². The summed E-state index contributed by atoms with van der Waals surface area (Å²) < 4.78 is 80.2. The summed E-state index contributed by atoms with van der Waals surface area (Å²) >= 11 is 0. The Bertz CT molecular complexity index is 1290. The first-order valence-corrected chi connectivity index (χ1v) is 13.3. The maximum Gasteiger partial charge on any atom is 0.501 e. The molecule has 198 valence electrons. The molecule has 0 aromatic heterocycles. The number of hydrogen-bond acceptors (Lipinski definition) is 7. The van der Waals surface area contributed by atoms with Gasteiger partial charge in [-0.15, -0.1) is 0 Å². The zero-order chi connectivity index (χ0) is 27.9. The number of carbonyl (C=O) groups is 1. The summed E-state index contributed by atoms with van der Waals surface area (Å²) in [5.74, 6) is -1.58. The predicted octanol–water partition coefficient (Wildman–Crippen LogP) is 5.20. The Labute approximate surface area is 209 Å². The van der Waals surface area contributed by atoms with Crippen LogP contribution in [0.2, 0.25) is 0 Å². The van der Waals surface area contributed by atoms with Crippen LogP contribution in [0, 0.1) is 10.1 Å². The fourth-order valence-electron chi connectivity index (χ4n) is 3.29. The molecule has 2 aromatic rings. The van der Waals surface area contributed by atoms with Crippen molar-refractivity contribution in [3.05, 3.63) is 57.6 Å². The molecule has 0 saturated heterocycles. The maximum atomic E-state index is 12.8. The lowest BCUT2D eigenvalue weighted by Gasteiger charge is -2.28. The van der Waals surface area contributed by atoms with Gasteiger partial charge in [0.25, 0.3) is 15.5 Å². The van der Waals surface area contributed by atoms with Crippen molar-refractivity contribution in [1.29, 1.82) is 0 Å². The van der Waals surface area contributed by atoms with Gasteiger partial charge in [0, 0.05) is 17.2 Å². The van der Waals surface area contributed by atoms with Crippen LogP contribution in [0.5, 0.6) is 5.75 Å². The Morgan fingerprint density at radius 3 is 1.92 bits per heavy atom. The smallest absolute Gasteiger partial charge is 0.425 e. The third-order valence-corrected chi connectivity index (χ3v) is 7.90. The van der Waals surface area contributed by atoms with Crippen LogP contribution in [0.4, 0.5) is 18.9 Å². The van der Waals surface area contributed by atoms with Gasteiger partial charge in [0.2, 0.25) is 0 Å². The van der Waals surface area contributed by atoms with E-state index in [2.05, 4.69) is 0 Å². The Kier molecular flexibility index (Phi) is 8.11. The first-order chi connectivity index (χ1) is 16.2. The number of nitro groups is 1. The zero-order valence-electron chi connectivity index (χ0n) is 20.4. The molecule has 1 unspecified atom stereocenters. The van der Waals surface area contributed by atoms with Gasteiger partial charge in [-0.25, -0.2) is 8.42 Å². The number of benzene rings is 2. The van der Waals surface area contributed by atoms with Crippen LogP contribution in [-0.4, -0.2) is 34.8 Å². The largest absolute Gasteiger partial charge is 0.501 e. The lowest BCUT2D eigenvalue weighted by molar-refractivity contribution is -0.388. The Morgan fingerprint density at radius 1 is 1.00 bits per heavy atom. The molecular weight excluding hydrogens is 523 g/mol. The van der Waals surface area contributed by atoms with E-state index >= 15 is 0 Å². The highest BCUT2D eigenvalue weighted by Crippen LogP contribution is 2.40. The third kappa shape index (κ3) is 6.30. The molecule has 0 saturated carbocycles. The number of carbonyl (C=O) groups excluding carboxylic acids is 1. The number of nitro benzene ring substituents is 1. The predicted molar refractivity (Wildman–Crippen MR) is 127 cm³/mol. The van der Waals surface area contributed by atoms with Crippen LogP contribution >= 0.6 is 0 Å². The highest BCUT2D eigenvalue weighted by Gasteiger charge is 2.47. The summed E-state index contributed by atoms with van der Waals surface area (Å²) in [6.45, 7) is 11.4. The van der Waals surface area contributed by atoms with Gasteiger partial charge in [0.05, 0.1) is 20.6 Å². The van der Waals surface area contributed by atoms with Crippen molar-refractivity contribution in [2.75, 3.05) is 5.75 Å². The van der Waals surface area contributed by atoms with E-state index in [-0.39, 0.29) is 11.8 Å². The fraction of sp³-hybridized carbons (Fsp3) is 0.435. The second-order valence-electron chi connectivity index (χ2n) is 9.98. The number of rotatable bonds is 6. The molecule has 2 rings (SSSR count). The number of alkyl halides is 3. The third-order valence-electron chi connectivity index (χ3n) is 5.08. The number of para-hydroxylation sites is 1. The van der Waals surface area contributed by atoms with E-state index in [0.29, 0.717) is 23.3 Å². The van der Waals surface area contributed by atoms with Crippen molar-refractivity contribution in [2.24, 2.45) is 0 Å². The van der Waals surface area contributed by atoms with Crippen molar-refractivity contribution < 1.29 is 40.3 Å². The Morgan fingerprint density at radius 2 is 1.50 bits per heavy atom. The van der Waals surface area contributed by atoms with Crippen molar-refractivity contribution in [3.8, 4) is 5.75 Å². The minimum atomic E-state index is -5.87. The molecule has 0 aliphatic rings. The monoisotopic (exact) mass is 549 g/mol. The zero-order valence-corrected chi connectivity index (χ0v) is 22.1. The quantitative estimate of drug-likeness (QED) is 0.210. The van der Waals surface area contributed by atoms with Crippen molar-refractivity contribution in [2.45, 2.75) is 67.7 Å². The highest BCUT2D eigenvalue weighted by atomic mass is 32.2. The molecule has 0 spiro atoms. The standard InChI is InChI=1S/C23H26F3NO7S2/c1-21(2,3)15-8-7-9-16(22(4,5)6)20(15)34-19(28)13-35(31)18-11-10-14(12-17(18)27(29)30)36(32,33)23(24,25)26/h7-12H,13H2,1-6H3. The van der Waals surface area contributed by atoms with E-state index in [4.69, 9.17) is 4.74 Å². The van der Waals surface area contributed by atoms with E-state index in [1.165, 1.54) is 0 Å². The maximum absolute atomic E-state index is 12.8. The molecule has 0 radical (unpaired) electrons. The topological polar surface area (TPSA) is 121 Å². The minimum Gasteiger partial charge on any atom is -0.425 e. The first-order valence-electron chi connectivity index (χ1n) is 10.5. The molecule has 0 bridgehead atoms. The average Bonchev–Trinajstić information content (AvgIpc) is 2.70. The Hall–Kier alpha value is -2.80. The van der Waals surface area contributed by atoms with Gasteiger partial charge in [-0.05, 0) is 23.0 Å². The number of hydrogen-bond donors (Lipinski definition) is 0. The van der Waals surface area contributed by atoms with Crippen LogP contribution in [-0.2, 0) is 36.3 Å². The van der Waals surface area contributed by atoms with E-state index < -0.39 is 69.1 Å². The summed E-state index contributed by atoms with van der Waals surface area (Å²) in [6, 6.07) is 6.63. The summed E-state index contributed by atoms with van der Waals surface area (Å²) in [5.41, 5.74) is -6.29. The van der Waals surface area contributed by atoms with Crippen LogP contribution in [0.25, 0.3) is 0 Å². The van der Waals surface area contributed by atoms with Gasteiger partial charge in [-0.1, -0.05) is 59.7 Å². The summed E-state index contributed by atoms with van der Waals surface area (Å²) in [6.07, 6.45) is 0.